The minimum absolute atomic E-state index is 0.0736. The Bertz CT molecular complexity index is 579. The lowest BCUT2D eigenvalue weighted by Crippen LogP contribution is -2.33. The van der Waals surface area contributed by atoms with Crippen molar-refractivity contribution in [3.8, 4) is 5.75 Å². The van der Waals surface area contributed by atoms with E-state index in [-0.39, 0.29) is 18.9 Å². The summed E-state index contributed by atoms with van der Waals surface area (Å²) in [4.78, 5) is 22.4. The molecule has 2 amide bonds. The Balaban J connectivity index is 1.78. The van der Waals surface area contributed by atoms with Gasteiger partial charge in [0.2, 0.25) is 5.91 Å². The van der Waals surface area contributed by atoms with E-state index in [2.05, 4.69) is 10.5 Å². The molecule has 0 radical (unpaired) electrons. The molecule has 1 heterocycles. The Morgan fingerprint density at radius 1 is 1.35 bits per heavy atom. The van der Waals surface area contributed by atoms with E-state index in [4.69, 9.17) is 19.9 Å². The van der Waals surface area contributed by atoms with Gasteiger partial charge in [-0.2, -0.15) is 5.10 Å². The maximum absolute atomic E-state index is 11.7. The standard InChI is InChI=1S/C15H19N3O5/c1-15(22-6-7-23-15)8-14(20)18-17-9-11-2-4-12(5-3-11)21-10-13(16)19/h2-5,9H,6-8,10H2,1H3,(H2,16,19)(H,18,20)/b17-9-. The SMILES string of the molecule is CC1(CC(=O)N/N=C\c2ccc(OCC(N)=O)cc2)OCCO1. The van der Waals surface area contributed by atoms with Crippen LogP contribution in [-0.4, -0.2) is 43.6 Å². The molecule has 0 unspecified atom stereocenters. The van der Waals surface area contributed by atoms with Gasteiger partial charge in [-0.1, -0.05) is 0 Å². The zero-order valence-electron chi connectivity index (χ0n) is 12.8. The quantitative estimate of drug-likeness (QED) is 0.548. The van der Waals surface area contributed by atoms with Crippen LogP contribution in [-0.2, 0) is 19.1 Å². The molecule has 1 aliphatic rings. The molecule has 0 spiro atoms. The molecule has 0 bridgehead atoms. The fourth-order valence-corrected chi connectivity index (χ4v) is 1.97. The van der Waals surface area contributed by atoms with E-state index < -0.39 is 11.7 Å². The molecule has 1 fully saturated rings. The molecular formula is C15H19N3O5. The molecule has 0 aromatic heterocycles. The second kappa shape index (κ2) is 7.70. The maximum Gasteiger partial charge on any atom is 0.255 e. The van der Waals surface area contributed by atoms with E-state index in [9.17, 15) is 9.59 Å². The summed E-state index contributed by atoms with van der Waals surface area (Å²) in [6.07, 6.45) is 1.57. The van der Waals surface area contributed by atoms with E-state index in [0.29, 0.717) is 19.0 Å². The van der Waals surface area contributed by atoms with Crippen LogP contribution < -0.4 is 15.9 Å². The van der Waals surface area contributed by atoms with Crippen LogP contribution in [0, 0.1) is 0 Å². The molecule has 124 valence electrons. The third kappa shape index (κ3) is 5.68. The van der Waals surface area contributed by atoms with Crippen molar-refractivity contribution >= 4 is 18.0 Å². The number of nitrogens with two attached hydrogens (primary N) is 1. The fraction of sp³-hybridized carbons (Fsp3) is 0.400. The number of ether oxygens (including phenoxy) is 3. The molecule has 1 aromatic rings. The number of benzene rings is 1. The molecule has 2 rings (SSSR count). The number of carbonyl (C=O) groups excluding carboxylic acids is 2. The number of hydrogen-bond acceptors (Lipinski definition) is 6. The van der Waals surface area contributed by atoms with Gasteiger partial charge in [-0.15, -0.1) is 0 Å². The van der Waals surface area contributed by atoms with Gasteiger partial charge < -0.3 is 19.9 Å². The molecule has 0 saturated carbocycles. The first-order chi connectivity index (χ1) is 11.0. The van der Waals surface area contributed by atoms with Crippen LogP contribution in [0.25, 0.3) is 0 Å². The summed E-state index contributed by atoms with van der Waals surface area (Å²) in [5, 5.41) is 3.87. The van der Waals surface area contributed by atoms with Crippen LogP contribution in [0.3, 0.4) is 0 Å². The van der Waals surface area contributed by atoms with Crippen LogP contribution in [0.2, 0.25) is 0 Å². The summed E-state index contributed by atoms with van der Waals surface area (Å²) < 4.78 is 15.8. The van der Waals surface area contributed by atoms with Crippen molar-refractivity contribution in [3.05, 3.63) is 29.8 Å². The lowest BCUT2D eigenvalue weighted by molar-refractivity contribution is -0.159. The second-order valence-electron chi connectivity index (χ2n) is 5.12. The molecule has 23 heavy (non-hydrogen) atoms. The largest absolute Gasteiger partial charge is 0.484 e. The Labute approximate surface area is 133 Å². The summed E-state index contributed by atoms with van der Waals surface area (Å²) in [5.74, 6) is -1.19. The van der Waals surface area contributed by atoms with Crippen LogP contribution in [0.5, 0.6) is 5.75 Å². The van der Waals surface area contributed by atoms with Crippen molar-refractivity contribution < 1.29 is 23.8 Å². The van der Waals surface area contributed by atoms with Gasteiger partial charge in [-0.25, -0.2) is 5.43 Å². The first kappa shape index (κ1) is 16.9. The summed E-state index contributed by atoms with van der Waals surface area (Å²) in [5.41, 5.74) is 8.17. The zero-order chi connectivity index (χ0) is 16.7. The Hall–Kier alpha value is -2.45. The predicted octanol–water partition coefficient (Wildman–Crippen LogP) is 0.154. The summed E-state index contributed by atoms with van der Waals surface area (Å²) in [7, 11) is 0. The highest BCUT2D eigenvalue weighted by Crippen LogP contribution is 2.22. The summed E-state index contributed by atoms with van der Waals surface area (Å²) >= 11 is 0. The minimum atomic E-state index is -0.876. The first-order valence-corrected chi connectivity index (χ1v) is 7.08. The number of hydrogen-bond donors (Lipinski definition) is 2. The van der Waals surface area contributed by atoms with Crippen LogP contribution in [0.1, 0.15) is 18.9 Å². The summed E-state index contributed by atoms with van der Waals surface area (Å²) in [6, 6.07) is 6.81. The molecule has 1 aliphatic heterocycles. The van der Waals surface area contributed by atoms with Gasteiger partial charge in [0.1, 0.15) is 5.75 Å². The van der Waals surface area contributed by atoms with Gasteiger partial charge in [0.05, 0.1) is 25.8 Å². The first-order valence-electron chi connectivity index (χ1n) is 7.08. The number of carbonyl (C=O) groups is 2. The Kier molecular flexibility index (Phi) is 5.67. The number of nitrogens with zero attached hydrogens (tertiary/aromatic N) is 1. The lowest BCUT2D eigenvalue weighted by Gasteiger charge is -2.20. The van der Waals surface area contributed by atoms with E-state index in [1.165, 1.54) is 6.21 Å². The van der Waals surface area contributed by atoms with Crippen molar-refractivity contribution in [2.24, 2.45) is 10.8 Å². The van der Waals surface area contributed by atoms with Gasteiger partial charge in [0.25, 0.3) is 5.91 Å². The number of primary amides is 1. The zero-order valence-corrected chi connectivity index (χ0v) is 12.8. The van der Waals surface area contributed by atoms with Gasteiger partial charge in [-0.05, 0) is 36.8 Å². The molecular weight excluding hydrogens is 302 g/mol. The average molecular weight is 321 g/mol. The average Bonchev–Trinajstić information content (AvgIpc) is 2.92. The highest BCUT2D eigenvalue weighted by molar-refractivity contribution is 5.82. The molecule has 0 aliphatic carbocycles. The third-order valence-electron chi connectivity index (χ3n) is 3.04. The third-order valence-corrected chi connectivity index (χ3v) is 3.04. The number of rotatable bonds is 7. The Morgan fingerprint density at radius 2 is 2.00 bits per heavy atom. The van der Waals surface area contributed by atoms with Crippen LogP contribution in [0.4, 0.5) is 0 Å². The van der Waals surface area contributed by atoms with Crippen molar-refractivity contribution in [1.82, 2.24) is 5.43 Å². The van der Waals surface area contributed by atoms with Crippen molar-refractivity contribution in [3.63, 3.8) is 0 Å². The lowest BCUT2D eigenvalue weighted by atomic mass is 10.2. The molecule has 8 nitrogen and oxygen atoms in total. The maximum atomic E-state index is 11.7. The number of nitrogens with one attached hydrogen (secondary N) is 1. The number of hydrazone groups is 1. The molecule has 8 heteroatoms. The Morgan fingerprint density at radius 3 is 2.61 bits per heavy atom. The molecule has 0 atom stereocenters. The monoisotopic (exact) mass is 321 g/mol. The van der Waals surface area contributed by atoms with Crippen molar-refractivity contribution in [1.29, 1.82) is 0 Å². The smallest absolute Gasteiger partial charge is 0.255 e. The minimum Gasteiger partial charge on any atom is -0.484 e. The molecule has 3 N–H and O–H groups in total. The van der Waals surface area contributed by atoms with Crippen LogP contribution >= 0.6 is 0 Å². The van der Waals surface area contributed by atoms with Gasteiger partial charge in [0.15, 0.2) is 12.4 Å². The molecule has 1 saturated heterocycles. The van der Waals surface area contributed by atoms with E-state index >= 15 is 0 Å². The highest BCUT2D eigenvalue weighted by Gasteiger charge is 2.33. The predicted molar refractivity (Wildman–Crippen MR) is 81.8 cm³/mol. The second-order valence-corrected chi connectivity index (χ2v) is 5.12. The van der Waals surface area contributed by atoms with E-state index in [0.717, 1.165) is 5.56 Å². The highest BCUT2D eigenvalue weighted by atomic mass is 16.7. The number of amides is 2. The van der Waals surface area contributed by atoms with Gasteiger partial charge in [-0.3, -0.25) is 9.59 Å². The topological polar surface area (TPSA) is 112 Å². The normalized spacial score (nSPS) is 16.4. The van der Waals surface area contributed by atoms with Crippen LogP contribution in [0.15, 0.2) is 29.4 Å². The summed E-state index contributed by atoms with van der Waals surface area (Å²) in [6.45, 7) is 2.51. The van der Waals surface area contributed by atoms with E-state index in [1.807, 2.05) is 0 Å². The van der Waals surface area contributed by atoms with E-state index in [1.54, 1.807) is 31.2 Å². The van der Waals surface area contributed by atoms with Crippen molar-refractivity contribution in [2.45, 2.75) is 19.1 Å². The van der Waals surface area contributed by atoms with Gasteiger partial charge >= 0.3 is 0 Å². The molecule has 1 aromatic carbocycles. The van der Waals surface area contributed by atoms with Crippen molar-refractivity contribution in [2.75, 3.05) is 19.8 Å². The van der Waals surface area contributed by atoms with Gasteiger partial charge in [0, 0.05) is 0 Å². The fourth-order valence-electron chi connectivity index (χ4n) is 1.97.